The fourth-order valence-electron chi connectivity index (χ4n) is 2.68. The molecule has 6 nitrogen and oxygen atoms in total. The number of thiazole rings is 1. The maximum absolute atomic E-state index is 12.4. The molecule has 0 spiro atoms. The van der Waals surface area contributed by atoms with Crippen molar-refractivity contribution in [3.8, 4) is 10.6 Å². The second-order valence-corrected chi connectivity index (χ2v) is 7.18. The van der Waals surface area contributed by atoms with Crippen molar-refractivity contribution in [2.24, 2.45) is 0 Å². The third-order valence-electron chi connectivity index (χ3n) is 3.81. The lowest BCUT2D eigenvalue weighted by Gasteiger charge is -2.15. The first-order valence-electron chi connectivity index (χ1n) is 7.34. The van der Waals surface area contributed by atoms with E-state index in [1.165, 1.54) is 0 Å². The van der Waals surface area contributed by atoms with Crippen LogP contribution >= 0.6 is 22.7 Å². The molecule has 1 atom stereocenters. The van der Waals surface area contributed by atoms with Crippen molar-refractivity contribution < 1.29 is 4.79 Å². The first-order chi connectivity index (χ1) is 11.3. The van der Waals surface area contributed by atoms with Crippen LogP contribution in [-0.4, -0.2) is 40.2 Å². The summed E-state index contributed by atoms with van der Waals surface area (Å²) in [7, 11) is 0. The summed E-state index contributed by atoms with van der Waals surface area (Å²) in [5, 5.41) is 15.1. The monoisotopic (exact) mass is 345 g/mol. The molecule has 0 radical (unpaired) electrons. The molecular weight excluding hydrogens is 330 g/mol. The standard InChI is InChI=1S/C15H15N5OS2/c21-14(12-8-11(18-19-12)13-2-1-6-22-13)17-10-3-5-20(9-10)15-16-4-7-23-15/h1-2,4,6-8,10H,3,5,9H2,(H,17,21)(H,18,19)/t10-/m0/s1. The Hall–Kier alpha value is -2.19. The molecule has 23 heavy (non-hydrogen) atoms. The highest BCUT2D eigenvalue weighted by atomic mass is 32.1. The van der Waals surface area contributed by atoms with E-state index in [9.17, 15) is 4.79 Å². The molecule has 1 aliphatic heterocycles. The smallest absolute Gasteiger partial charge is 0.272 e. The minimum atomic E-state index is -0.130. The Morgan fingerprint density at radius 2 is 2.35 bits per heavy atom. The van der Waals surface area contributed by atoms with E-state index in [2.05, 4.69) is 25.4 Å². The quantitative estimate of drug-likeness (QED) is 0.762. The van der Waals surface area contributed by atoms with Gasteiger partial charge in [-0.15, -0.1) is 22.7 Å². The third kappa shape index (κ3) is 2.99. The predicted molar refractivity (Wildman–Crippen MR) is 92.1 cm³/mol. The zero-order chi connectivity index (χ0) is 15.6. The van der Waals surface area contributed by atoms with Crippen molar-refractivity contribution in [3.63, 3.8) is 0 Å². The molecule has 2 N–H and O–H groups in total. The summed E-state index contributed by atoms with van der Waals surface area (Å²) in [6, 6.07) is 5.91. The zero-order valence-corrected chi connectivity index (χ0v) is 13.9. The molecule has 1 amide bonds. The number of hydrogen-bond acceptors (Lipinski definition) is 6. The van der Waals surface area contributed by atoms with Gasteiger partial charge in [0.15, 0.2) is 10.8 Å². The zero-order valence-electron chi connectivity index (χ0n) is 12.2. The van der Waals surface area contributed by atoms with Gasteiger partial charge in [-0.3, -0.25) is 9.89 Å². The van der Waals surface area contributed by atoms with E-state index < -0.39 is 0 Å². The van der Waals surface area contributed by atoms with Crippen LogP contribution in [0.4, 0.5) is 5.13 Å². The number of hydrogen-bond donors (Lipinski definition) is 2. The third-order valence-corrected chi connectivity index (χ3v) is 5.55. The summed E-state index contributed by atoms with van der Waals surface area (Å²) in [6.07, 6.45) is 2.73. The van der Waals surface area contributed by atoms with E-state index in [4.69, 9.17) is 0 Å². The lowest BCUT2D eigenvalue weighted by Crippen LogP contribution is -2.37. The van der Waals surface area contributed by atoms with Crippen molar-refractivity contribution >= 4 is 33.7 Å². The van der Waals surface area contributed by atoms with Gasteiger partial charge in [-0.1, -0.05) is 6.07 Å². The van der Waals surface area contributed by atoms with E-state index >= 15 is 0 Å². The van der Waals surface area contributed by atoms with Crippen molar-refractivity contribution in [1.29, 1.82) is 0 Å². The van der Waals surface area contributed by atoms with Crippen molar-refractivity contribution in [2.75, 3.05) is 18.0 Å². The number of nitrogens with one attached hydrogen (secondary N) is 2. The molecule has 4 rings (SSSR count). The molecule has 3 aromatic heterocycles. The van der Waals surface area contributed by atoms with Crippen LogP contribution in [-0.2, 0) is 0 Å². The second-order valence-electron chi connectivity index (χ2n) is 5.36. The van der Waals surface area contributed by atoms with E-state index in [-0.39, 0.29) is 11.9 Å². The predicted octanol–water partition coefficient (Wildman–Crippen LogP) is 2.60. The summed E-state index contributed by atoms with van der Waals surface area (Å²) in [5.41, 5.74) is 1.31. The number of rotatable bonds is 4. The summed E-state index contributed by atoms with van der Waals surface area (Å²) in [5.74, 6) is -0.130. The number of carbonyl (C=O) groups is 1. The molecule has 3 aromatic rings. The molecule has 0 saturated carbocycles. The summed E-state index contributed by atoms with van der Waals surface area (Å²) in [4.78, 5) is 20.0. The Kier molecular flexibility index (Phi) is 3.84. The first kappa shape index (κ1) is 14.4. The van der Waals surface area contributed by atoms with E-state index in [0.29, 0.717) is 5.69 Å². The maximum atomic E-state index is 12.4. The highest BCUT2D eigenvalue weighted by Crippen LogP contribution is 2.24. The molecule has 118 valence electrons. The highest BCUT2D eigenvalue weighted by Gasteiger charge is 2.26. The van der Waals surface area contributed by atoms with Crippen molar-refractivity contribution in [2.45, 2.75) is 12.5 Å². The number of H-pyrrole nitrogens is 1. The molecule has 0 bridgehead atoms. The molecule has 0 unspecified atom stereocenters. The van der Waals surface area contributed by atoms with Gasteiger partial charge >= 0.3 is 0 Å². The van der Waals surface area contributed by atoms with Gasteiger partial charge in [-0.05, 0) is 23.9 Å². The van der Waals surface area contributed by atoms with Crippen LogP contribution in [0.15, 0.2) is 35.2 Å². The van der Waals surface area contributed by atoms with Crippen molar-refractivity contribution in [3.05, 3.63) is 40.8 Å². The minimum Gasteiger partial charge on any atom is -0.346 e. The minimum absolute atomic E-state index is 0.130. The van der Waals surface area contributed by atoms with Gasteiger partial charge in [0.1, 0.15) is 0 Å². The van der Waals surface area contributed by atoms with E-state index in [1.807, 2.05) is 29.1 Å². The summed E-state index contributed by atoms with van der Waals surface area (Å²) in [6.45, 7) is 1.71. The normalized spacial score (nSPS) is 17.6. The fourth-order valence-corrected chi connectivity index (χ4v) is 4.05. The lowest BCUT2D eigenvalue weighted by atomic mass is 10.2. The number of nitrogens with zero attached hydrogens (tertiary/aromatic N) is 3. The molecule has 1 aliphatic rings. The Labute approximate surface area is 141 Å². The Bertz CT molecular complexity index is 781. The Balaban J connectivity index is 1.39. The highest BCUT2D eigenvalue weighted by molar-refractivity contribution is 7.13. The molecular formula is C15H15N5OS2. The topological polar surface area (TPSA) is 73.9 Å². The average molecular weight is 345 g/mol. The van der Waals surface area contributed by atoms with Gasteiger partial charge in [0.2, 0.25) is 0 Å². The molecule has 1 saturated heterocycles. The lowest BCUT2D eigenvalue weighted by molar-refractivity contribution is 0.0935. The van der Waals surface area contributed by atoms with Gasteiger partial charge in [-0.2, -0.15) is 5.10 Å². The number of anilines is 1. The fraction of sp³-hybridized carbons (Fsp3) is 0.267. The van der Waals surface area contributed by atoms with Crippen LogP contribution < -0.4 is 10.2 Å². The van der Waals surface area contributed by atoms with Crippen LogP contribution in [0.1, 0.15) is 16.9 Å². The van der Waals surface area contributed by atoms with Crippen LogP contribution in [0.25, 0.3) is 10.6 Å². The molecule has 8 heteroatoms. The number of aromatic amines is 1. The SMILES string of the molecule is O=C(N[C@H]1CCN(c2nccs2)C1)c1cc(-c2cccs2)[nH]n1. The van der Waals surface area contributed by atoms with E-state index in [0.717, 1.165) is 35.2 Å². The molecule has 4 heterocycles. The number of amides is 1. The van der Waals surface area contributed by atoms with Crippen LogP contribution in [0, 0.1) is 0 Å². The van der Waals surface area contributed by atoms with Gasteiger partial charge in [0.25, 0.3) is 5.91 Å². The molecule has 1 fully saturated rings. The number of thiophene rings is 1. The van der Waals surface area contributed by atoms with Gasteiger partial charge in [0, 0.05) is 30.7 Å². The van der Waals surface area contributed by atoms with Gasteiger partial charge in [0.05, 0.1) is 10.6 Å². The average Bonchev–Trinajstić information content (AvgIpc) is 3.30. The summed E-state index contributed by atoms with van der Waals surface area (Å²) >= 11 is 3.24. The maximum Gasteiger partial charge on any atom is 0.272 e. The Morgan fingerprint density at radius 3 is 3.13 bits per heavy atom. The largest absolute Gasteiger partial charge is 0.346 e. The van der Waals surface area contributed by atoms with Gasteiger partial charge in [-0.25, -0.2) is 4.98 Å². The van der Waals surface area contributed by atoms with Crippen LogP contribution in [0.5, 0.6) is 0 Å². The first-order valence-corrected chi connectivity index (χ1v) is 9.10. The number of carbonyl (C=O) groups excluding carboxylic acids is 1. The Morgan fingerprint density at radius 1 is 1.39 bits per heavy atom. The summed E-state index contributed by atoms with van der Waals surface area (Å²) < 4.78 is 0. The molecule has 0 aromatic carbocycles. The molecule has 0 aliphatic carbocycles. The van der Waals surface area contributed by atoms with Gasteiger partial charge < -0.3 is 10.2 Å². The van der Waals surface area contributed by atoms with Crippen LogP contribution in [0.2, 0.25) is 0 Å². The van der Waals surface area contributed by atoms with Crippen molar-refractivity contribution in [1.82, 2.24) is 20.5 Å². The number of aromatic nitrogens is 3. The van der Waals surface area contributed by atoms with Crippen LogP contribution in [0.3, 0.4) is 0 Å². The second kappa shape index (κ2) is 6.13. The van der Waals surface area contributed by atoms with E-state index in [1.54, 1.807) is 28.7 Å².